The van der Waals surface area contributed by atoms with E-state index in [0.29, 0.717) is 0 Å². The molecule has 0 aliphatic carbocycles. The van der Waals surface area contributed by atoms with Gasteiger partial charge in [-0.15, -0.1) is 0 Å². The predicted molar refractivity (Wildman–Crippen MR) is 82.6 cm³/mol. The molecule has 2 aliphatic rings. The zero-order chi connectivity index (χ0) is 13.5. The summed E-state index contributed by atoms with van der Waals surface area (Å²) in [6.07, 6.45) is 8.31. The number of piperidine rings is 2. The quantitative estimate of drug-likeness (QED) is 0.744. The first-order valence-electron chi connectivity index (χ1n) is 8.39. The van der Waals surface area contributed by atoms with Gasteiger partial charge in [-0.05, 0) is 77.8 Å². The van der Waals surface area contributed by atoms with Crippen LogP contribution in [0, 0.1) is 5.92 Å². The molecule has 1 unspecified atom stereocenters. The summed E-state index contributed by atoms with van der Waals surface area (Å²) >= 11 is 0. The molecule has 2 rings (SSSR count). The molecule has 0 aromatic heterocycles. The maximum Gasteiger partial charge on any atom is 0.0217 e. The molecule has 2 saturated heterocycles. The van der Waals surface area contributed by atoms with Crippen molar-refractivity contribution >= 4 is 0 Å². The monoisotopic (exact) mass is 267 g/mol. The minimum Gasteiger partial charge on any atom is -0.315 e. The average molecular weight is 267 g/mol. The maximum atomic E-state index is 3.67. The molecule has 0 aromatic rings. The van der Waals surface area contributed by atoms with Gasteiger partial charge in [0.05, 0.1) is 0 Å². The van der Waals surface area contributed by atoms with E-state index in [9.17, 15) is 0 Å². The maximum absolute atomic E-state index is 3.67. The Morgan fingerprint density at radius 1 is 1.05 bits per heavy atom. The van der Waals surface area contributed by atoms with Gasteiger partial charge in [0.1, 0.15) is 0 Å². The van der Waals surface area contributed by atoms with Crippen molar-refractivity contribution in [1.29, 1.82) is 0 Å². The molecule has 2 aliphatic heterocycles. The Morgan fingerprint density at radius 2 is 1.84 bits per heavy atom. The molecule has 3 heteroatoms. The fraction of sp³-hybridized carbons (Fsp3) is 1.00. The highest BCUT2D eigenvalue weighted by atomic mass is 15.2. The Bertz CT molecular complexity index is 236. The fourth-order valence-electron chi connectivity index (χ4n) is 3.38. The zero-order valence-electron chi connectivity index (χ0n) is 13.0. The molecule has 0 saturated carbocycles. The van der Waals surface area contributed by atoms with Crippen LogP contribution in [0.4, 0.5) is 0 Å². The number of hydrogen-bond acceptors (Lipinski definition) is 3. The third kappa shape index (κ3) is 5.41. The van der Waals surface area contributed by atoms with E-state index in [2.05, 4.69) is 29.1 Å². The molecule has 3 nitrogen and oxygen atoms in total. The van der Waals surface area contributed by atoms with Gasteiger partial charge < -0.3 is 15.1 Å². The summed E-state index contributed by atoms with van der Waals surface area (Å²) in [7, 11) is 2.28. The molecule has 0 spiro atoms. The van der Waals surface area contributed by atoms with Gasteiger partial charge in [0.15, 0.2) is 0 Å². The van der Waals surface area contributed by atoms with Crippen molar-refractivity contribution in [3.8, 4) is 0 Å². The average Bonchev–Trinajstić information content (AvgIpc) is 2.42. The molecular weight excluding hydrogens is 234 g/mol. The van der Waals surface area contributed by atoms with Crippen molar-refractivity contribution in [2.45, 2.75) is 51.5 Å². The van der Waals surface area contributed by atoms with Gasteiger partial charge in [0, 0.05) is 12.6 Å². The molecule has 112 valence electrons. The van der Waals surface area contributed by atoms with Crippen LogP contribution in [0.2, 0.25) is 0 Å². The number of nitrogens with zero attached hydrogens (tertiary/aromatic N) is 2. The summed E-state index contributed by atoms with van der Waals surface area (Å²) < 4.78 is 0. The van der Waals surface area contributed by atoms with Crippen LogP contribution in [0.5, 0.6) is 0 Å². The molecule has 0 aromatic carbocycles. The highest BCUT2D eigenvalue weighted by Crippen LogP contribution is 2.16. The first kappa shape index (κ1) is 15.3. The Morgan fingerprint density at radius 3 is 2.58 bits per heavy atom. The summed E-state index contributed by atoms with van der Waals surface area (Å²) in [6, 6.07) is 0.782. The largest absolute Gasteiger partial charge is 0.315 e. The standard InChI is InChI=1S/C16H33N3/c1-15-7-12-19(13-8-15)11-5-9-17-14-16-6-3-4-10-18(16)2/h15-17H,3-14H2,1-2H3. The second-order valence-electron chi connectivity index (χ2n) is 6.71. The van der Waals surface area contributed by atoms with Crippen LogP contribution in [-0.4, -0.2) is 62.2 Å². The minimum atomic E-state index is 0.782. The van der Waals surface area contributed by atoms with Crippen molar-refractivity contribution in [2.24, 2.45) is 5.92 Å². The number of likely N-dealkylation sites (N-methyl/N-ethyl adjacent to an activating group) is 1. The lowest BCUT2D eigenvalue weighted by atomic mass is 9.99. The second kappa shape index (κ2) is 8.23. The van der Waals surface area contributed by atoms with Gasteiger partial charge >= 0.3 is 0 Å². The predicted octanol–water partition coefficient (Wildman–Crippen LogP) is 2.18. The van der Waals surface area contributed by atoms with Crippen LogP contribution in [-0.2, 0) is 0 Å². The van der Waals surface area contributed by atoms with E-state index in [1.807, 2.05) is 0 Å². The van der Waals surface area contributed by atoms with Crippen LogP contribution >= 0.6 is 0 Å². The Labute approximate surface area is 119 Å². The number of likely N-dealkylation sites (tertiary alicyclic amines) is 2. The highest BCUT2D eigenvalue weighted by Gasteiger charge is 2.18. The van der Waals surface area contributed by atoms with Crippen molar-refractivity contribution in [1.82, 2.24) is 15.1 Å². The van der Waals surface area contributed by atoms with E-state index in [1.54, 1.807) is 0 Å². The summed E-state index contributed by atoms with van der Waals surface area (Å²) in [4.78, 5) is 5.18. The lowest BCUT2D eigenvalue weighted by Crippen LogP contribution is -2.43. The Hall–Kier alpha value is -0.120. The van der Waals surface area contributed by atoms with E-state index < -0.39 is 0 Å². The smallest absolute Gasteiger partial charge is 0.0217 e. The van der Waals surface area contributed by atoms with Crippen LogP contribution in [0.15, 0.2) is 0 Å². The summed E-state index contributed by atoms with van der Waals surface area (Å²) in [6.45, 7) is 10.0. The van der Waals surface area contributed by atoms with Crippen molar-refractivity contribution < 1.29 is 0 Å². The first-order valence-corrected chi connectivity index (χ1v) is 8.39. The van der Waals surface area contributed by atoms with E-state index >= 15 is 0 Å². The summed E-state index contributed by atoms with van der Waals surface area (Å²) in [5.74, 6) is 0.955. The summed E-state index contributed by atoms with van der Waals surface area (Å²) in [5, 5.41) is 3.67. The number of nitrogens with one attached hydrogen (secondary N) is 1. The van der Waals surface area contributed by atoms with Gasteiger partial charge in [-0.1, -0.05) is 13.3 Å². The van der Waals surface area contributed by atoms with E-state index in [4.69, 9.17) is 0 Å². The van der Waals surface area contributed by atoms with Gasteiger partial charge in [0.2, 0.25) is 0 Å². The van der Waals surface area contributed by atoms with Gasteiger partial charge in [-0.25, -0.2) is 0 Å². The van der Waals surface area contributed by atoms with Crippen LogP contribution in [0.1, 0.15) is 45.4 Å². The molecule has 1 atom stereocenters. The van der Waals surface area contributed by atoms with Crippen LogP contribution in [0.3, 0.4) is 0 Å². The van der Waals surface area contributed by atoms with E-state index in [-0.39, 0.29) is 0 Å². The normalized spacial score (nSPS) is 27.8. The molecular formula is C16H33N3. The molecule has 0 radical (unpaired) electrons. The van der Waals surface area contributed by atoms with E-state index in [0.717, 1.165) is 12.0 Å². The molecule has 0 amide bonds. The Kier molecular flexibility index (Phi) is 6.62. The minimum absolute atomic E-state index is 0.782. The highest BCUT2D eigenvalue weighted by molar-refractivity contribution is 4.76. The van der Waals surface area contributed by atoms with Crippen molar-refractivity contribution in [3.05, 3.63) is 0 Å². The van der Waals surface area contributed by atoms with Crippen LogP contribution in [0.25, 0.3) is 0 Å². The van der Waals surface area contributed by atoms with Gasteiger partial charge in [-0.2, -0.15) is 0 Å². The molecule has 2 heterocycles. The third-order valence-corrected chi connectivity index (χ3v) is 5.01. The first-order chi connectivity index (χ1) is 9.25. The van der Waals surface area contributed by atoms with Gasteiger partial charge in [0.25, 0.3) is 0 Å². The topological polar surface area (TPSA) is 18.5 Å². The van der Waals surface area contributed by atoms with Crippen molar-refractivity contribution in [2.75, 3.05) is 46.3 Å². The molecule has 1 N–H and O–H groups in total. The third-order valence-electron chi connectivity index (χ3n) is 5.01. The number of rotatable bonds is 6. The number of hydrogen-bond donors (Lipinski definition) is 1. The van der Waals surface area contributed by atoms with Crippen molar-refractivity contribution in [3.63, 3.8) is 0 Å². The van der Waals surface area contributed by atoms with Gasteiger partial charge in [-0.3, -0.25) is 0 Å². The SMILES string of the molecule is CC1CCN(CCCNCC2CCCCN2C)CC1. The fourth-order valence-corrected chi connectivity index (χ4v) is 3.38. The van der Waals surface area contributed by atoms with E-state index in [1.165, 1.54) is 77.8 Å². The second-order valence-corrected chi connectivity index (χ2v) is 6.71. The van der Waals surface area contributed by atoms with Crippen LogP contribution < -0.4 is 5.32 Å². The Balaban J connectivity index is 1.48. The lowest BCUT2D eigenvalue weighted by Gasteiger charge is -2.33. The molecule has 0 bridgehead atoms. The molecule has 2 fully saturated rings. The lowest BCUT2D eigenvalue weighted by molar-refractivity contribution is 0.176. The summed E-state index contributed by atoms with van der Waals surface area (Å²) in [5.41, 5.74) is 0. The molecule has 19 heavy (non-hydrogen) atoms. The zero-order valence-corrected chi connectivity index (χ0v) is 13.0.